The van der Waals surface area contributed by atoms with Gasteiger partial charge in [-0.2, -0.15) is 0 Å². The van der Waals surface area contributed by atoms with Gasteiger partial charge >= 0.3 is 0 Å². The molecule has 2 rings (SSSR count). The normalized spacial score (nSPS) is 46.1. The van der Waals surface area contributed by atoms with Crippen LogP contribution < -0.4 is 0 Å². The summed E-state index contributed by atoms with van der Waals surface area (Å²) in [7, 11) is 0. The molecule has 0 aromatic rings. The lowest BCUT2D eigenvalue weighted by molar-refractivity contribution is -0.124. The van der Waals surface area contributed by atoms with Crippen molar-refractivity contribution in [1.29, 1.82) is 0 Å². The van der Waals surface area contributed by atoms with Crippen LogP contribution in [0.15, 0.2) is 0 Å². The number of rotatable bonds is 0. The summed E-state index contributed by atoms with van der Waals surface area (Å²) < 4.78 is 0. The minimum atomic E-state index is 0.457. The van der Waals surface area contributed by atoms with Crippen LogP contribution in [0.4, 0.5) is 0 Å². The molecule has 0 radical (unpaired) electrons. The Morgan fingerprint density at radius 1 is 1.40 bits per heavy atom. The summed E-state index contributed by atoms with van der Waals surface area (Å²) in [5.41, 5.74) is 0. The Kier molecular flexibility index (Phi) is 1.33. The first-order valence-corrected chi connectivity index (χ1v) is 4.30. The zero-order valence-electron chi connectivity index (χ0n) is 6.47. The number of carbonyl (C=O) groups excluding carboxylic acids is 1. The van der Waals surface area contributed by atoms with Gasteiger partial charge in [-0.25, -0.2) is 0 Å². The zero-order valence-corrected chi connectivity index (χ0v) is 6.47. The van der Waals surface area contributed by atoms with Crippen LogP contribution in [-0.4, -0.2) is 5.78 Å². The quantitative estimate of drug-likeness (QED) is 0.500. The van der Waals surface area contributed by atoms with Gasteiger partial charge in [0.15, 0.2) is 0 Å². The van der Waals surface area contributed by atoms with Crippen molar-refractivity contribution >= 4 is 5.78 Å². The van der Waals surface area contributed by atoms with E-state index in [0.29, 0.717) is 17.6 Å². The van der Waals surface area contributed by atoms with Gasteiger partial charge in [0.1, 0.15) is 5.78 Å². The molecule has 3 atom stereocenters. The summed E-state index contributed by atoms with van der Waals surface area (Å²) >= 11 is 0. The van der Waals surface area contributed by atoms with E-state index in [2.05, 4.69) is 6.92 Å². The first-order valence-electron chi connectivity index (χ1n) is 4.30. The minimum absolute atomic E-state index is 0.457. The highest BCUT2D eigenvalue weighted by Gasteiger charge is 2.39. The predicted molar refractivity (Wildman–Crippen MR) is 39.6 cm³/mol. The van der Waals surface area contributed by atoms with Crippen molar-refractivity contribution in [2.75, 3.05) is 0 Å². The van der Waals surface area contributed by atoms with Crippen LogP contribution in [-0.2, 0) is 4.79 Å². The van der Waals surface area contributed by atoms with Crippen molar-refractivity contribution in [3.05, 3.63) is 0 Å². The molecular formula is C9H14O. The average molecular weight is 138 g/mol. The second-order valence-electron chi connectivity index (χ2n) is 3.93. The minimum Gasteiger partial charge on any atom is -0.299 e. The molecule has 2 aliphatic rings. The predicted octanol–water partition coefficient (Wildman–Crippen LogP) is 2.01. The smallest absolute Gasteiger partial charge is 0.136 e. The maximum atomic E-state index is 11.3. The number of hydrogen-bond acceptors (Lipinski definition) is 1. The van der Waals surface area contributed by atoms with Gasteiger partial charge in [-0.1, -0.05) is 6.92 Å². The first-order chi connectivity index (χ1) is 4.77. The van der Waals surface area contributed by atoms with Gasteiger partial charge in [-0.05, 0) is 31.1 Å². The Bertz CT molecular complexity index is 162. The van der Waals surface area contributed by atoms with E-state index < -0.39 is 0 Å². The molecule has 0 aromatic heterocycles. The molecular weight excluding hydrogens is 124 g/mol. The third-order valence-electron chi connectivity index (χ3n) is 3.19. The van der Waals surface area contributed by atoms with Gasteiger partial charge < -0.3 is 0 Å². The van der Waals surface area contributed by atoms with E-state index in [-0.39, 0.29) is 0 Å². The van der Waals surface area contributed by atoms with Crippen molar-refractivity contribution in [2.24, 2.45) is 17.8 Å². The summed E-state index contributed by atoms with van der Waals surface area (Å²) in [5.74, 6) is 2.60. The van der Waals surface area contributed by atoms with E-state index in [1.807, 2.05) is 0 Å². The first kappa shape index (κ1) is 6.38. The van der Waals surface area contributed by atoms with Crippen molar-refractivity contribution < 1.29 is 4.79 Å². The van der Waals surface area contributed by atoms with Crippen LogP contribution in [0.5, 0.6) is 0 Å². The number of fused-ring (bicyclic) bond motifs is 2. The molecule has 2 aliphatic carbocycles. The lowest BCUT2D eigenvalue weighted by atomic mass is 9.86. The average Bonchev–Trinajstić information content (AvgIpc) is 2.21. The molecule has 56 valence electrons. The molecule has 0 amide bonds. The van der Waals surface area contributed by atoms with E-state index >= 15 is 0 Å². The number of carbonyl (C=O) groups is 1. The van der Waals surface area contributed by atoms with E-state index in [9.17, 15) is 4.79 Å². The molecule has 0 aromatic carbocycles. The van der Waals surface area contributed by atoms with Gasteiger partial charge in [0.05, 0.1) is 0 Å². The number of ketones is 1. The van der Waals surface area contributed by atoms with Crippen molar-refractivity contribution in [2.45, 2.75) is 32.6 Å². The van der Waals surface area contributed by atoms with Crippen molar-refractivity contribution in [3.63, 3.8) is 0 Å². The van der Waals surface area contributed by atoms with E-state index in [4.69, 9.17) is 0 Å². The molecule has 0 unspecified atom stereocenters. The molecule has 0 spiro atoms. The summed E-state index contributed by atoms with van der Waals surface area (Å²) in [6.45, 7) is 2.23. The molecule has 0 heterocycles. The maximum Gasteiger partial charge on any atom is 0.136 e. The molecule has 2 fully saturated rings. The molecule has 0 N–H and O–H groups in total. The van der Waals surface area contributed by atoms with Gasteiger partial charge in [-0.15, -0.1) is 0 Å². The number of hydrogen-bond donors (Lipinski definition) is 0. The highest BCUT2D eigenvalue weighted by molar-refractivity contribution is 5.82. The Morgan fingerprint density at radius 3 is 2.90 bits per heavy atom. The largest absolute Gasteiger partial charge is 0.299 e. The van der Waals surface area contributed by atoms with Crippen LogP contribution in [0.2, 0.25) is 0 Å². The standard InChI is InChI=1S/C9H14O/c1-6-4-7-2-3-9(10)8(6)5-7/h6-8H,2-5H2,1H3/t6-,7-,8-/m0/s1. The lowest BCUT2D eigenvalue weighted by Gasteiger charge is -2.17. The molecule has 10 heavy (non-hydrogen) atoms. The van der Waals surface area contributed by atoms with E-state index in [0.717, 1.165) is 12.3 Å². The van der Waals surface area contributed by atoms with E-state index in [1.165, 1.54) is 19.3 Å². The SMILES string of the molecule is C[C@H]1C[C@@H]2CCC(=O)[C@H]1C2. The maximum absolute atomic E-state index is 11.3. The Morgan fingerprint density at radius 2 is 2.20 bits per heavy atom. The van der Waals surface area contributed by atoms with E-state index in [1.54, 1.807) is 0 Å². The Balaban J connectivity index is 2.17. The van der Waals surface area contributed by atoms with Crippen LogP contribution in [0, 0.1) is 17.8 Å². The number of Topliss-reactive ketones (excluding diaryl/α,β-unsaturated/α-hetero) is 1. The molecule has 1 nitrogen and oxygen atoms in total. The van der Waals surface area contributed by atoms with Crippen LogP contribution in [0.25, 0.3) is 0 Å². The van der Waals surface area contributed by atoms with Crippen LogP contribution in [0.1, 0.15) is 32.6 Å². The highest BCUT2D eigenvalue weighted by atomic mass is 16.1. The van der Waals surface area contributed by atoms with Crippen molar-refractivity contribution in [3.8, 4) is 0 Å². The van der Waals surface area contributed by atoms with Crippen LogP contribution >= 0.6 is 0 Å². The lowest BCUT2D eigenvalue weighted by Crippen LogP contribution is -2.19. The monoisotopic (exact) mass is 138 g/mol. The van der Waals surface area contributed by atoms with Crippen LogP contribution in [0.3, 0.4) is 0 Å². The Labute approximate surface area is 61.8 Å². The Hall–Kier alpha value is -0.330. The third kappa shape index (κ3) is 0.799. The summed E-state index contributed by atoms with van der Waals surface area (Å²) in [4.78, 5) is 11.3. The highest BCUT2D eigenvalue weighted by Crippen LogP contribution is 2.43. The van der Waals surface area contributed by atoms with Gasteiger partial charge in [-0.3, -0.25) is 4.79 Å². The fraction of sp³-hybridized carbons (Fsp3) is 0.889. The summed E-state index contributed by atoms with van der Waals surface area (Å²) in [6.07, 6.45) is 4.58. The second-order valence-corrected chi connectivity index (χ2v) is 3.93. The van der Waals surface area contributed by atoms with Gasteiger partial charge in [0, 0.05) is 12.3 Å². The fourth-order valence-electron chi connectivity index (χ4n) is 2.59. The molecule has 2 bridgehead atoms. The van der Waals surface area contributed by atoms with Gasteiger partial charge in [0.2, 0.25) is 0 Å². The fourth-order valence-corrected chi connectivity index (χ4v) is 2.59. The topological polar surface area (TPSA) is 17.1 Å². The molecule has 0 aliphatic heterocycles. The molecule has 0 saturated heterocycles. The molecule has 2 saturated carbocycles. The van der Waals surface area contributed by atoms with Gasteiger partial charge in [0.25, 0.3) is 0 Å². The summed E-state index contributed by atoms with van der Waals surface area (Å²) in [6, 6.07) is 0. The van der Waals surface area contributed by atoms with Crippen molar-refractivity contribution in [1.82, 2.24) is 0 Å². The molecule has 1 heteroatoms. The second kappa shape index (κ2) is 2.08. The zero-order chi connectivity index (χ0) is 7.14. The summed E-state index contributed by atoms with van der Waals surface area (Å²) in [5, 5.41) is 0. The third-order valence-corrected chi connectivity index (χ3v) is 3.19.